The van der Waals surface area contributed by atoms with Crippen LogP contribution in [-0.2, 0) is 16.1 Å². The number of nitrogens with zero attached hydrogens (tertiary/aromatic N) is 3. The predicted octanol–water partition coefficient (Wildman–Crippen LogP) is 2.42. The number of aromatic nitrogens is 2. The van der Waals surface area contributed by atoms with Gasteiger partial charge >= 0.3 is 0 Å². The number of rotatable bonds is 8. The zero-order chi connectivity index (χ0) is 21.7. The number of hydrogen-bond acceptors (Lipinski definition) is 5. The van der Waals surface area contributed by atoms with Crippen LogP contribution < -0.4 is 10.5 Å². The summed E-state index contributed by atoms with van der Waals surface area (Å²) in [6.07, 6.45) is 4.18. The minimum Gasteiger partial charge on any atom is -0.490 e. The van der Waals surface area contributed by atoms with E-state index in [1.807, 2.05) is 19.9 Å². The van der Waals surface area contributed by atoms with Gasteiger partial charge in [0.25, 0.3) is 5.91 Å². The average Bonchev–Trinajstić information content (AvgIpc) is 3.17. The van der Waals surface area contributed by atoms with E-state index in [9.17, 15) is 9.59 Å². The molecule has 3 rings (SSSR count). The van der Waals surface area contributed by atoms with Gasteiger partial charge in [-0.25, -0.2) is 0 Å². The Balaban J connectivity index is 1.74. The summed E-state index contributed by atoms with van der Waals surface area (Å²) >= 11 is 6.07. The number of nitrogens with two attached hydrogens (primary N) is 1. The predicted molar refractivity (Wildman–Crippen MR) is 113 cm³/mol. The first-order chi connectivity index (χ1) is 14.3. The number of primary amides is 1. The van der Waals surface area contributed by atoms with E-state index >= 15 is 0 Å². The number of halogens is 1. The molecule has 8 nitrogen and oxygen atoms in total. The van der Waals surface area contributed by atoms with Gasteiger partial charge in [-0.1, -0.05) is 18.5 Å². The molecule has 0 aliphatic carbocycles. The monoisotopic (exact) mass is 434 g/mol. The highest BCUT2D eigenvalue weighted by Crippen LogP contribution is 2.27. The second-order valence-electron chi connectivity index (χ2n) is 7.59. The second-order valence-corrected chi connectivity index (χ2v) is 8.00. The van der Waals surface area contributed by atoms with E-state index < -0.39 is 11.5 Å². The van der Waals surface area contributed by atoms with Crippen molar-refractivity contribution >= 4 is 23.4 Å². The standard InChI is InChI=1S/C21H27ClN4O4/c1-3-6-26-12-16(11-24-26)20(28)25-7-8-30-21(13-25,10-19(23)27)14-29-17-4-5-18(22)15(2)9-17/h4-5,9,11-12H,3,6-8,10,13-14H2,1-2H3,(H2,23,27). The number of carbonyl (C=O) groups is 2. The molecule has 1 saturated heterocycles. The van der Waals surface area contributed by atoms with Crippen LogP contribution in [0.5, 0.6) is 5.75 Å². The fourth-order valence-electron chi connectivity index (χ4n) is 3.51. The molecule has 2 N–H and O–H groups in total. The maximum absolute atomic E-state index is 13.0. The molecule has 0 spiro atoms. The number of amides is 2. The maximum atomic E-state index is 13.0. The molecule has 0 saturated carbocycles. The first-order valence-electron chi connectivity index (χ1n) is 9.95. The van der Waals surface area contributed by atoms with Crippen LogP contribution in [0.2, 0.25) is 5.02 Å². The van der Waals surface area contributed by atoms with Crippen LogP contribution in [0.25, 0.3) is 0 Å². The maximum Gasteiger partial charge on any atom is 0.257 e. The van der Waals surface area contributed by atoms with Crippen molar-refractivity contribution in [1.82, 2.24) is 14.7 Å². The topological polar surface area (TPSA) is 99.7 Å². The van der Waals surface area contributed by atoms with Crippen molar-refractivity contribution in [3.05, 3.63) is 46.7 Å². The summed E-state index contributed by atoms with van der Waals surface area (Å²) in [7, 11) is 0. The molecule has 162 valence electrons. The molecule has 2 amide bonds. The number of aryl methyl sites for hydroxylation is 2. The van der Waals surface area contributed by atoms with E-state index in [-0.39, 0.29) is 32.1 Å². The van der Waals surface area contributed by atoms with Gasteiger partial charge in [-0.05, 0) is 37.1 Å². The smallest absolute Gasteiger partial charge is 0.257 e. The molecule has 0 bridgehead atoms. The highest BCUT2D eigenvalue weighted by molar-refractivity contribution is 6.31. The van der Waals surface area contributed by atoms with Gasteiger partial charge < -0.3 is 20.1 Å². The zero-order valence-electron chi connectivity index (χ0n) is 17.3. The van der Waals surface area contributed by atoms with Crippen LogP contribution in [0.1, 0.15) is 35.7 Å². The summed E-state index contributed by atoms with van der Waals surface area (Å²) < 4.78 is 13.6. The quantitative estimate of drug-likeness (QED) is 0.687. The minimum absolute atomic E-state index is 0.0571. The molecule has 1 aromatic carbocycles. The number of ether oxygens (including phenoxy) is 2. The van der Waals surface area contributed by atoms with Crippen LogP contribution in [0, 0.1) is 6.92 Å². The third-order valence-electron chi connectivity index (χ3n) is 5.00. The number of benzene rings is 1. The molecule has 9 heteroatoms. The Morgan fingerprint density at radius 3 is 2.90 bits per heavy atom. The minimum atomic E-state index is -1.02. The van der Waals surface area contributed by atoms with E-state index in [2.05, 4.69) is 5.10 Å². The van der Waals surface area contributed by atoms with Crippen molar-refractivity contribution in [3.8, 4) is 5.75 Å². The van der Waals surface area contributed by atoms with Gasteiger partial charge in [-0.2, -0.15) is 5.10 Å². The Hall–Kier alpha value is -2.58. The lowest BCUT2D eigenvalue weighted by Gasteiger charge is -2.41. The lowest BCUT2D eigenvalue weighted by atomic mass is 9.97. The van der Waals surface area contributed by atoms with Crippen LogP contribution in [0.3, 0.4) is 0 Å². The molecule has 1 aliphatic heterocycles. The van der Waals surface area contributed by atoms with Crippen molar-refractivity contribution in [3.63, 3.8) is 0 Å². The molecule has 30 heavy (non-hydrogen) atoms. The molecule has 1 fully saturated rings. The summed E-state index contributed by atoms with van der Waals surface area (Å²) in [5.41, 5.74) is 5.85. The number of carbonyl (C=O) groups excluding carboxylic acids is 2. The van der Waals surface area contributed by atoms with E-state index in [0.717, 1.165) is 18.5 Å². The summed E-state index contributed by atoms with van der Waals surface area (Å²) in [6, 6.07) is 5.31. The van der Waals surface area contributed by atoms with E-state index in [1.165, 1.54) is 0 Å². The summed E-state index contributed by atoms with van der Waals surface area (Å²) in [5.74, 6) is -0.0681. The van der Waals surface area contributed by atoms with Gasteiger partial charge in [-0.3, -0.25) is 14.3 Å². The molecule has 1 unspecified atom stereocenters. The normalized spacial score (nSPS) is 19.0. The molecule has 1 aliphatic rings. The molecule has 1 aromatic heterocycles. The summed E-state index contributed by atoms with van der Waals surface area (Å²) in [5, 5.41) is 4.87. The Morgan fingerprint density at radius 2 is 2.20 bits per heavy atom. The van der Waals surface area contributed by atoms with Crippen molar-refractivity contribution in [2.75, 3.05) is 26.3 Å². The fourth-order valence-corrected chi connectivity index (χ4v) is 3.63. The van der Waals surface area contributed by atoms with Gasteiger partial charge in [-0.15, -0.1) is 0 Å². The van der Waals surface area contributed by atoms with Gasteiger partial charge in [0, 0.05) is 24.3 Å². The van der Waals surface area contributed by atoms with Crippen LogP contribution in [0.15, 0.2) is 30.6 Å². The van der Waals surface area contributed by atoms with Crippen molar-refractivity contribution < 1.29 is 19.1 Å². The zero-order valence-corrected chi connectivity index (χ0v) is 18.0. The SMILES string of the molecule is CCCn1cc(C(=O)N2CCOC(COc3ccc(Cl)c(C)c3)(CC(N)=O)C2)cn1. The molecule has 2 aromatic rings. The molecule has 2 heterocycles. The average molecular weight is 435 g/mol. The lowest BCUT2D eigenvalue weighted by molar-refractivity contribution is -0.142. The van der Waals surface area contributed by atoms with Crippen LogP contribution in [0.4, 0.5) is 0 Å². The Kier molecular flexibility index (Phi) is 6.99. The largest absolute Gasteiger partial charge is 0.490 e. The highest BCUT2D eigenvalue weighted by Gasteiger charge is 2.41. The Labute approximate surface area is 180 Å². The lowest BCUT2D eigenvalue weighted by Crippen LogP contribution is -2.58. The van der Waals surface area contributed by atoms with Gasteiger partial charge in [0.1, 0.15) is 18.0 Å². The third-order valence-corrected chi connectivity index (χ3v) is 5.42. The Bertz CT molecular complexity index is 916. The first kappa shape index (κ1) is 22.1. The fraction of sp³-hybridized carbons (Fsp3) is 0.476. The van der Waals surface area contributed by atoms with E-state index in [4.69, 9.17) is 26.8 Å². The van der Waals surface area contributed by atoms with Crippen LogP contribution in [-0.4, -0.2) is 58.4 Å². The van der Waals surface area contributed by atoms with E-state index in [1.54, 1.807) is 34.1 Å². The van der Waals surface area contributed by atoms with Gasteiger partial charge in [0.2, 0.25) is 5.91 Å². The van der Waals surface area contributed by atoms with Crippen molar-refractivity contribution in [1.29, 1.82) is 0 Å². The summed E-state index contributed by atoms with van der Waals surface area (Å²) in [4.78, 5) is 26.4. The number of hydrogen-bond donors (Lipinski definition) is 1. The molecular weight excluding hydrogens is 408 g/mol. The number of morpholine rings is 1. The second kappa shape index (κ2) is 9.49. The van der Waals surface area contributed by atoms with Gasteiger partial charge in [0.05, 0.1) is 31.3 Å². The van der Waals surface area contributed by atoms with Crippen molar-refractivity contribution in [2.45, 2.75) is 38.8 Å². The highest BCUT2D eigenvalue weighted by atomic mass is 35.5. The Morgan fingerprint density at radius 1 is 1.40 bits per heavy atom. The molecule has 0 radical (unpaired) electrons. The molecular formula is C21H27ClN4O4. The first-order valence-corrected chi connectivity index (χ1v) is 10.3. The molecule has 1 atom stereocenters. The van der Waals surface area contributed by atoms with Crippen molar-refractivity contribution in [2.24, 2.45) is 5.73 Å². The third kappa shape index (κ3) is 5.31. The summed E-state index contributed by atoms with van der Waals surface area (Å²) in [6.45, 7) is 5.64. The van der Waals surface area contributed by atoms with Crippen LogP contribution >= 0.6 is 11.6 Å². The van der Waals surface area contributed by atoms with Gasteiger partial charge in [0.15, 0.2) is 0 Å². The van der Waals surface area contributed by atoms with E-state index in [0.29, 0.717) is 22.9 Å².